The molecular weight excluding hydrogens is 404 g/mol. The van der Waals surface area contributed by atoms with Gasteiger partial charge in [0.1, 0.15) is 5.75 Å². The van der Waals surface area contributed by atoms with Crippen molar-refractivity contribution in [3.05, 3.63) is 54.1 Å². The molecular formula is C25H34N4O3. The van der Waals surface area contributed by atoms with Crippen LogP contribution in [0.4, 0.5) is 11.4 Å². The van der Waals surface area contributed by atoms with Gasteiger partial charge in [0, 0.05) is 31.0 Å². The van der Waals surface area contributed by atoms with Crippen LogP contribution in [0.2, 0.25) is 0 Å². The Bertz CT molecular complexity index is 880. The van der Waals surface area contributed by atoms with E-state index in [1.807, 2.05) is 44.4 Å². The molecule has 0 saturated carbocycles. The van der Waals surface area contributed by atoms with E-state index in [0.29, 0.717) is 23.5 Å². The molecule has 2 amide bonds. The first-order chi connectivity index (χ1) is 15.5. The van der Waals surface area contributed by atoms with E-state index in [4.69, 9.17) is 4.74 Å². The quantitative estimate of drug-likeness (QED) is 0.557. The average molecular weight is 439 g/mol. The Labute approximate surface area is 190 Å². The van der Waals surface area contributed by atoms with Crippen LogP contribution in [0, 0.1) is 0 Å². The molecule has 1 aliphatic heterocycles. The standard InChI is InChI=1S/C25H34N4O3/c1-28(2)15-9-14-26-25(31)22-18-20(12-13-23(22)29-16-7-4-8-17-29)27-24(30)19-32-21-10-5-3-6-11-21/h3,5-6,10-13,18H,4,7-9,14-17,19H2,1-2H3,(H,26,31)(H,27,30). The Morgan fingerprint density at radius 3 is 2.50 bits per heavy atom. The lowest BCUT2D eigenvalue weighted by molar-refractivity contribution is -0.118. The van der Waals surface area contributed by atoms with Gasteiger partial charge in [0.15, 0.2) is 6.61 Å². The van der Waals surface area contributed by atoms with Crippen molar-refractivity contribution in [2.45, 2.75) is 25.7 Å². The van der Waals surface area contributed by atoms with Crippen LogP contribution in [0.15, 0.2) is 48.5 Å². The fraction of sp³-hybridized carbons (Fsp3) is 0.440. The largest absolute Gasteiger partial charge is 0.484 e. The highest BCUT2D eigenvalue weighted by Gasteiger charge is 2.19. The minimum Gasteiger partial charge on any atom is -0.484 e. The molecule has 2 aromatic rings. The van der Waals surface area contributed by atoms with Gasteiger partial charge in [-0.2, -0.15) is 0 Å². The molecule has 0 unspecified atom stereocenters. The summed E-state index contributed by atoms with van der Waals surface area (Å²) in [5, 5.41) is 5.88. The molecule has 2 N–H and O–H groups in total. The van der Waals surface area contributed by atoms with Crippen molar-refractivity contribution in [3.8, 4) is 5.75 Å². The summed E-state index contributed by atoms with van der Waals surface area (Å²) in [6, 6.07) is 14.8. The molecule has 0 bridgehead atoms. The van der Waals surface area contributed by atoms with Crippen LogP contribution in [0.1, 0.15) is 36.0 Å². The van der Waals surface area contributed by atoms with Crippen molar-refractivity contribution in [2.24, 2.45) is 0 Å². The number of rotatable bonds is 10. The molecule has 0 atom stereocenters. The molecule has 32 heavy (non-hydrogen) atoms. The van der Waals surface area contributed by atoms with Gasteiger partial charge in [-0.25, -0.2) is 0 Å². The first-order valence-corrected chi connectivity index (χ1v) is 11.3. The predicted octanol–water partition coefficient (Wildman–Crippen LogP) is 3.38. The van der Waals surface area contributed by atoms with Crippen LogP contribution in [0.3, 0.4) is 0 Å². The van der Waals surface area contributed by atoms with Crippen molar-refractivity contribution < 1.29 is 14.3 Å². The van der Waals surface area contributed by atoms with Crippen LogP contribution < -0.4 is 20.3 Å². The maximum atomic E-state index is 13.0. The SMILES string of the molecule is CN(C)CCCNC(=O)c1cc(NC(=O)COc2ccccc2)ccc1N1CCCCC1. The lowest BCUT2D eigenvalue weighted by Crippen LogP contribution is -2.33. The van der Waals surface area contributed by atoms with Crippen molar-refractivity contribution in [1.82, 2.24) is 10.2 Å². The number of anilines is 2. The van der Waals surface area contributed by atoms with Crippen molar-refractivity contribution in [3.63, 3.8) is 0 Å². The van der Waals surface area contributed by atoms with Crippen molar-refractivity contribution in [2.75, 3.05) is 57.1 Å². The van der Waals surface area contributed by atoms with Gasteiger partial charge in [0.2, 0.25) is 0 Å². The van der Waals surface area contributed by atoms with E-state index >= 15 is 0 Å². The smallest absolute Gasteiger partial charge is 0.262 e. The zero-order chi connectivity index (χ0) is 22.8. The number of amides is 2. The molecule has 2 aromatic carbocycles. The minimum absolute atomic E-state index is 0.0933. The average Bonchev–Trinajstić information content (AvgIpc) is 2.81. The first-order valence-electron chi connectivity index (χ1n) is 11.3. The maximum absolute atomic E-state index is 13.0. The fourth-order valence-corrected chi connectivity index (χ4v) is 3.76. The summed E-state index contributed by atoms with van der Waals surface area (Å²) in [5.74, 6) is 0.263. The second kappa shape index (κ2) is 12.1. The number of carbonyl (C=O) groups is 2. The normalized spacial score (nSPS) is 13.7. The van der Waals surface area contributed by atoms with Crippen LogP contribution >= 0.6 is 0 Å². The monoisotopic (exact) mass is 438 g/mol. The molecule has 172 valence electrons. The minimum atomic E-state index is -0.267. The Hall–Kier alpha value is -3.06. The number of nitrogens with zero attached hydrogens (tertiary/aromatic N) is 2. The zero-order valence-corrected chi connectivity index (χ0v) is 19.1. The Morgan fingerprint density at radius 2 is 1.78 bits per heavy atom. The summed E-state index contributed by atoms with van der Waals surface area (Å²) in [5.41, 5.74) is 2.11. The molecule has 0 aromatic heterocycles. The van der Waals surface area contributed by atoms with Gasteiger partial charge in [0.05, 0.1) is 5.56 Å². The molecule has 0 spiro atoms. The lowest BCUT2D eigenvalue weighted by Gasteiger charge is -2.30. The molecule has 1 aliphatic rings. The summed E-state index contributed by atoms with van der Waals surface area (Å²) in [7, 11) is 4.04. The number of benzene rings is 2. The zero-order valence-electron chi connectivity index (χ0n) is 19.1. The number of nitrogens with one attached hydrogen (secondary N) is 2. The molecule has 1 fully saturated rings. The number of hydrogen-bond donors (Lipinski definition) is 2. The molecule has 1 heterocycles. The van der Waals surface area contributed by atoms with E-state index in [2.05, 4.69) is 20.4 Å². The third-order valence-electron chi connectivity index (χ3n) is 5.40. The van der Waals surface area contributed by atoms with Gasteiger partial charge in [0.25, 0.3) is 11.8 Å². The van der Waals surface area contributed by atoms with E-state index in [0.717, 1.165) is 44.6 Å². The van der Waals surface area contributed by atoms with Gasteiger partial charge < -0.3 is 25.2 Å². The van der Waals surface area contributed by atoms with Gasteiger partial charge >= 0.3 is 0 Å². The summed E-state index contributed by atoms with van der Waals surface area (Å²) in [4.78, 5) is 29.8. The highest BCUT2D eigenvalue weighted by Crippen LogP contribution is 2.27. The number of piperidine rings is 1. The van der Waals surface area contributed by atoms with Crippen LogP contribution in [-0.4, -0.2) is 63.6 Å². The van der Waals surface area contributed by atoms with E-state index in [-0.39, 0.29) is 18.4 Å². The molecule has 7 nitrogen and oxygen atoms in total. The second-order valence-corrected chi connectivity index (χ2v) is 8.34. The summed E-state index contributed by atoms with van der Waals surface area (Å²) < 4.78 is 5.52. The summed E-state index contributed by atoms with van der Waals surface area (Å²) in [6.07, 6.45) is 4.35. The number of carbonyl (C=O) groups excluding carboxylic acids is 2. The Kier molecular flexibility index (Phi) is 8.92. The summed E-state index contributed by atoms with van der Waals surface area (Å²) >= 11 is 0. The molecule has 0 radical (unpaired) electrons. The second-order valence-electron chi connectivity index (χ2n) is 8.34. The van der Waals surface area contributed by atoms with Crippen molar-refractivity contribution >= 4 is 23.2 Å². The van der Waals surface area contributed by atoms with Crippen molar-refractivity contribution in [1.29, 1.82) is 0 Å². The van der Waals surface area contributed by atoms with E-state index < -0.39 is 0 Å². The van der Waals surface area contributed by atoms with E-state index in [1.54, 1.807) is 18.2 Å². The Balaban J connectivity index is 1.67. The molecule has 1 saturated heterocycles. The summed E-state index contributed by atoms with van der Waals surface area (Å²) in [6.45, 7) is 3.31. The highest BCUT2D eigenvalue weighted by atomic mass is 16.5. The van der Waals surface area contributed by atoms with Gasteiger partial charge in [-0.3, -0.25) is 9.59 Å². The van der Waals surface area contributed by atoms with Gasteiger partial charge in [-0.1, -0.05) is 18.2 Å². The molecule has 3 rings (SSSR count). The fourth-order valence-electron chi connectivity index (χ4n) is 3.76. The number of para-hydroxylation sites is 1. The third-order valence-corrected chi connectivity index (χ3v) is 5.40. The topological polar surface area (TPSA) is 73.9 Å². The van der Waals surface area contributed by atoms with Gasteiger partial charge in [-0.05, 0) is 76.7 Å². The highest BCUT2D eigenvalue weighted by molar-refractivity contribution is 6.02. The maximum Gasteiger partial charge on any atom is 0.262 e. The lowest BCUT2D eigenvalue weighted by atomic mass is 10.1. The third kappa shape index (κ3) is 7.27. The van der Waals surface area contributed by atoms with Gasteiger partial charge in [-0.15, -0.1) is 0 Å². The molecule has 7 heteroatoms. The van der Waals surface area contributed by atoms with Crippen LogP contribution in [0.5, 0.6) is 5.75 Å². The van der Waals surface area contributed by atoms with E-state index in [1.165, 1.54) is 6.42 Å². The van der Waals surface area contributed by atoms with Crippen LogP contribution in [0.25, 0.3) is 0 Å². The van der Waals surface area contributed by atoms with Crippen LogP contribution in [-0.2, 0) is 4.79 Å². The Morgan fingerprint density at radius 1 is 1.03 bits per heavy atom. The first kappa shape index (κ1) is 23.6. The number of hydrogen-bond acceptors (Lipinski definition) is 5. The predicted molar refractivity (Wildman–Crippen MR) is 129 cm³/mol. The number of ether oxygens (including phenoxy) is 1. The van der Waals surface area contributed by atoms with E-state index in [9.17, 15) is 9.59 Å². The molecule has 0 aliphatic carbocycles.